The van der Waals surface area contributed by atoms with Crippen LogP contribution in [0, 0.1) is 0 Å². The van der Waals surface area contributed by atoms with Crippen LogP contribution in [0.4, 0.5) is 0 Å². The van der Waals surface area contributed by atoms with E-state index in [0.29, 0.717) is 32.2 Å². The van der Waals surface area contributed by atoms with Gasteiger partial charge in [0.2, 0.25) is 0 Å². The Hall–Kier alpha value is -1.14. The molecular weight excluding hydrogens is 256 g/mol. The maximum absolute atomic E-state index is 12.4. The molecule has 2 saturated heterocycles. The lowest BCUT2D eigenvalue weighted by atomic mass is 10.0. The molecule has 0 radical (unpaired) electrons. The molecule has 0 aromatic heterocycles. The number of likely N-dealkylation sites (N-methyl/N-ethyl adjacent to an activating group) is 1. The van der Waals surface area contributed by atoms with E-state index in [1.807, 2.05) is 14.1 Å². The Bertz CT molecular complexity index is 351. The highest BCUT2D eigenvalue weighted by molar-refractivity contribution is 6.34. The van der Waals surface area contributed by atoms with E-state index >= 15 is 0 Å². The summed E-state index contributed by atoms with van der Waals surface area (Å²) < 4.78 is 0. The molecule has 6 heteroatoms. The van der Waals surface area contributed by atoms with E-state index in [9.17, 15) is 9.59 Å². The van der Waals surface area contributed by atoms with Crippen LogP contribution in [0.2, 0.25) is 0 Å². The largest absolute Gasteiger partial charge is 0.333 e. The monoisotopic (exact) mass is 282 g/mol. The highest BCUT2D eigenvalue weighted by Gasteiger charge is 2.31. The average Bonchev–Trinajstić information content (AvgIpc) is 2.75. The lowest BCUT2D eigenvalue weighted by Crippen LogP contribution is -2.52. The molecule has 2 heterocycles. The summed E-state index contributed by atoms with van der Waals surface area (Å²) in [7, 11) is 4.06. The molecule has 0 spiro atoms. The molecule has 2 amide bonds. The number of piperidine rings is 1. The molecule has 2 fully saturated rings. The van der Waals surface area contributed by atoms with Gasteiger partial charge in [0.05, 0.1) is 0 Å². The summed E-state index contributed by atoms with van der Waals surface area (Å²) in [4.78, 5) is 30.3. The van der Waals surface area contributed by atoms with Gasteiger partial charge in [-0.3, -0.25) is 9.59 Å². The topological polar surface area (TPSA) is 55.9 Å². The third kappa shape index (κ3) is 3.70. The summed E-state index contributed by atoms with van der Waals surface area (Å²) in [5.74, 6) is -0.647. The van der Waals surface area contributed by atoms with E-state index < -0.39 is 0 Å². The van der Waals surface area contributed by atoms with Crippen molar-refractivity contribution < 1.29 is 9.59 Å². The van der Waals surface area contributed by atoms with Gasteiger partial charge in [-0.1, -0.05) is 0 Å². The Morgan fingerprint density at radius 3 is 2.45 bits per heavy atom. The SMILES string of the molecule is CN(C)C1CCCN(C(=O)C(=O)N2CCCNCC2)C1. The van der Waals surface area contributed by atoms with Crippen LogP contribution in [0.15, 0.2) is 0 Å². The predicted molar refractivity (Wildman–Crippen MR) is 77.4 cm³/mol. The minimum absolute atomic E-state index is 0.321. The summed E-state index contributed by atoms with van der Waals surface area (Å²) >= 11 is 0. The molecule has 0 saturated carbocycles. The zero-order valence-corrected chi connectivity index (χ0v) is 12.6. The number of carbonyl (C=O) groups excluding carboxylic acids is 2. The molecule has 1 N–H and O–H groups in total. The van der Waals surface area contributed by atoms with Gasteiger partial charge in [-0.2, -0.15) is 0 Å². The lowest BCUT2D eigenvalue weighted by Gasteiger charge is -2.36. The third-order valence-electron chi connectivity index (χ3n) is 4.22. The number of nitrogens with one attached hydrogen (secondary N) is 1. The number of hydrogen-bond donors (Lipinski definition) is 1. The molecule has 0 aromatic carbocycles. The normalized spacial score (nSPS) is 24.6. The molecule has 20 heavy (non-hydrogen) atoms. The van der Waals surface area contributed by atoms with Crippen molar-refractivity contribution in [1.82, 2.24) is 20.0 Å². The minimum Gasteiger partial charge on any atom is -0.333 e. The fraction of sp³-hybridized carbons (Fsp3) is 0.857. The molecule has 0 bridgehead atoms. The van der Waals surface area contributed by atoms with E-state index in [1.165, 1.54) is 0 Å². The zero-order chi connectivity index (χ0) is 14.5. The van der Waals surface area contributed by atoms with E-state index in [1.54, 1.807) is 9.80 Å². The fourth-order valence-corrected chi connectivity index (χ4v) is 2.88. The molecule has 1 atom stereocenters. The molecule has 1 unspecified atom stereocenters. The van der Waals surface area contributed by atoms with Crippen molar-refractivity contribution in [3.63, 3.8) is 0 Å². The van der Waals surface area contributed by atoms with Crippen LogP contribution in [0.3, 0.4) is 0 Å². The first-order valence-electron chi connectivity index (χ1n) is 7.55. The fourth-order valence-electron chi connectivity index (χ4n) is 2.88. The molecule has 0 aromatic rings. The van der Waals surface area contributed by atoms with Gasteiger partial charge < -0.3 is 20.0 Å². The van der Waals surface area contributed by atoms with Crippen LogP contribution in [-0.4, -0.2) is 85.9 Å². The minimum atomic E-state index is -0.326. The molecule has 6 nitrogen and oxygen atoms in total. The van der Waals surface area contributed by atoms with Crippen LogP contribution in [0.1, 0.15) is 19.3 Å². The van der Waals surface area contributed by atoms with Crippen molar-refractivity contribution in [2.24, 2.45) is 0 Å². The van der Waals surface area contributed by atoms with Gasteiger partial charge in [0, 0.05) is 38.8 Å². The Morgan fingerprint density at radius 2 is 1.70 bits per heavy atom. The second-order valence-corrected chi connectivity index (χ2v) is 5.91. The predicted octanol–water partition coefficient (Wildman–Crippen LogP) is -0.639. The Balaban J connectivity index is 1.93. The number of likely N-dealkylation sites (tertiary alicyclic amines) is 1. The van der Waals surface area contributed by atoms with Gasteiger partial charge in [-0.15, -0.1) is 0 Å². The molecule has 0 aliphatic carbocycles. The number of hydrogen-bond acceptors (Lipinski definition) is 4. The summed E-state index contributed by atoms with van der Waals surface area (Å²) in [5.41, 5.74) is 0. The van der Waals surface area contributed by atoms with Crippen molar-refractivity contribution >= 4 is 11.8 Å². The van der Waals surface area contributed by atoms with Gasteiger partial charge in [-0.05, 0) is 39.9 Å². The maximum Gasteiger partial charge on any atom is 0.312 e. The van der Waals surface area contributed by atoms with Crippen LogP contribution in [-0.2, 0) is 9.59 Å². The number of carbonyl (C=O) groups is 2. The average molecular weight is 282 g/mol. The molecule has 2 rings (SSSR count). The second-order valence-electron chi connectivity index (χ2n) is 5.91. The summed E-state index contributed by atoms with van der Waals surface area (Å²) in [5, 5.41) is 3.25. The molecule has 114 valence electrons. The van der Waals surface area contributed by atoms with Crippen molar-refractivity contribution in [2.45, 2.75) is 25.3 Å². The Kier molecular flexibility index (Phi) is 5.37. The van der Waals surface area contributed by atoms with Crippen LogP contribution in [0.5, 0.6) is 0 Å². The van der Waals surface area contributed by atoms with Gasteiger partial charge >= 0.3 is 11.8 Å². The lowest BCUT2D eigenvalue weighted by molar-refractivity contribution is -0.152. The highest BCUT2D eigenvalue weighted by Crippen LogP contribution is 2.14. The molecular formula is C14H26N4O2. The van der Waals surface area contributed by atoms with Crippen LogP contribution < -0.4 is 5.32 Å². The Morgan fingerprint density at radius 1 is 1.00 bits per heavy atom. The van der Waals surface area contributed by atoms with Gasteiger partial charge in [0.25, 0.3) is 0 Å². The van der Waals surface area contributed by atoms with E-state index in [4.69, 9.17) is 0 Å². The second kappa shape index (κ2) is 7.04. The quantitative estimate of drug-likeness (QED) is 0.650. The summed E-state index contributed by atoms with van der Waals surface area (Å²) in [6.45, 7) is 4.40. The first-order valence-corrected chi connectivity index (χ1v) is 7.55. The van der Waals surface area contributed by atoms with Crippen molar-refractivity contribution in [2.75, 3.05) is 53.4 Å². The summed E-state index contributed by atoms with van der Waals surface area (Å²) in [6, 6.07) is 0.367. The number of rotatable bonds is 1. The zero-order valence-electron chi connectivity index (χ0n) is 12.6. The number of nitrogens with zero attached hydrogens (tertiary/aromatic N) is 3. The van der Waals surface area contributed by atoms with Crippen LogP contribution >= 0.6 is 0 Å². The van der Waals surface area contributed by atoms with Gasteiger partial charge in [0.15, 0.2) is 0 Å². The maximum atomic E-state index is 12.4. The first-order chi connectivity index (χ1) is 9.59. The standard InChI is InChI=1S/C14H26N4O2/c1-16(2)12-5-3-8-18(11-12)14(20)13(19)17-9-4-6-15-7-10-17/h12,15H,3-11H2,1-2H3. The summed E-state index contributed by atoms with van der Waals surface area (Å²) in [6.07, 6.45) is 2.99. The van der Waals surface area contributed by atoms with E-state index in [-0.39, 0.29) is 11.8 Å². The first kappa shape index (κ1) is 15.3. The highest BCUT2D eigenvalue weighted by atomic mass is 16.2. The van der Waals surface area contributed by atoms with E-state index in [2.05, 4.69) is 10.2 Å². The third-order valence-corrected chi connectivity index (χ3v) is 4.22. The van der Waals surface area contributed by atoms with Crippen LogP contribution in [0.25, 0.3) is 0 Å². The van der Waals surface area contributed by atoms with Crippen molar-refractivity contribution in [3.05, 3.63) is 0 Å². The van der Waals surface area contributed by atoms with Gasteiger partial charge in [-0.25, -0.2) is 0 Å². The van der Waals surface area contributed by atoms with Crippen molar-refractivity contribution in [1.29, 1.82) is 0 Å². The van der Waals surface area contributed by atoms with Gasteiger partial charge in [0.1, 0.15) is 0 Å². The van der Waals surface area contributed by atoms with E-state index in [0.717, 1.165) is 32.4 Å². The Labute approximate surface area is 121 Å². The molecule has 2 aliphatic rings. The van der Waals surface area contributed by atoms with Crippen molar-refractivity contribution in [3.8, 4) is 0 Å². The molecule has 2 aliphatic heterocycles. The smallest absolute Gasteiger partial charge is 0.312 e. The number of amides is 2.